The van der Waals surface area contributed by atoms with E-state index in [2.05, 4.69) is 0 Å². The molecule has 2 aromatic rings. The number of rotatable bonds is 4. The van der Waals surface area contributed by atoms with Crippen molar-refractivity contribution in [2.24, 2.45) is 0 Å². The van der Waals surface area contributed by atoms with Crippen LogP contribution < -0.4 is 0 Å². The Kier molecular flexibility index (Phi) is 3.77. The van der Waals surface area contributed by atoms with E-state index in [9.17, 15) is 22.7 Å². The molecule has 0 fully saturated rings. The molecule has 0 bridgehead atoms. The summed E-state index contributed by atoms with van der Waals surface area (Å²) in [5, 5.41) is 10.7. The molecular weight excluding hydrogens is 276 g/mol. The van der Waals surface area contributed by atoms with Gasteiger partial charge in [-0.2, -0.15) is 13.2 Å². The minimum absolute atomic E-state index is 0.0885. The van der Waals surface area contributed by atoms with Crippen LogP contribution in [0, 0.1) is 5.82 Å². The van der Waals surface area contributed by atoms with Gasteiger partial charge in [0, 0.05) is 11.8 Å². The number of hydrogen-bond donors (Lipinski definition) is 1. The van der Waals surface area contributed by atoms with Crippen molar-refractivity contribution in [1.82, 2.24) is 0 Å². The van der Waals surface area contributed by atoms with Crippen molar-refractivity contribution in [3.8, 4) is 0 Å². The van der Waals surface area contributed by atoms with Crippen molar-refractivity contribution in [3.05, 3.63) is 35.8 Å². The number of hydrogen-bond acceptors (Lipinski definition) is 2. The standard InChI is InChI=1S/C14H14F4O2/c1-13(19,5-2-6-14(16,17)18)12-8-9-7-10(15)3-4-11(9)20-12/h3-4,7-8,19H,2,5-6H2,1H3. The molecule has 6 heteroatoms. The van der Waals surface area contributed by atoms with Gasteiger partial charge in [0.05, 0.1) is 0 Å². The topological polar surface area (TPSA) is 33.4 Å². The van der Waals surface area contributed by atoms with Gasteiger partial charge in [-0.15, -0.1) is 0 Å². The lowest BCUT2D eigenvalue weighted by Crippen LogP contribution is -2.21. The summed E-state index contributed by atoms with van der Waals surface area (Å²) in [7, 11) is 0. The molecule has 1 aromatic carbocycles. The molecule has 2 nitrogen and oxygen atoms in total. The fourth-order valence-corrected chi connectivity index (χ4v) is 2.04. The largest absolute Gasteiger partial charge is 0.458 e. The third kappa shape index (κ3) is 3.50. The van der Waals surface area contributed by atoms with E-state index in [1.165, 1.54) is 31.2 Å². The van der Waals surface area contributed by atoms with E-state index in [1.807, 2.05) is 0 Å². The van der Waals surface area contributed by atoms with Crippen LogP contribution in [-0.2, 0) is 5.60 Å². The Bertz CT molecular complexity index is 599. The zero-order valence-electron chi connectivity index (χ0n) is 10.8. The van der Waals surface area contributed by atoms with Gasteiger partial charge in [0.15, 0.2) is 0 Å². The Morgan fingerprint density at radius 1 is 1.15 bits per heavy atom. The molecule has 0 aliphatic carbocycles. The van der Waals surface area contributed by atoms with Crippen molar-refractivity contribution in [2.45, 2.75) is 38.0 Å². The molecule has 2 rings (SSSR count). The normalized spacial score (nSPS) is 15.5. The SMILES string of the molecule is CC(O)(CCCC(F)(F)F)c1cc2cc(F)ccc2o1. The van der Waals surface area contributed by atoms with Gasteiger partial charge in [0.25, 0.3) is 0 Å². The van der Waals surface area contributed by atoms with E-state index in [0.717, 1.165) is 0 Å². The second-order valence-electron chi connectivity index (χ2n) is 5.04. The van der Waals surface area contributed by atoms with E-state index in [4.69, 9.17) is 4.42 Å². The molecule has 0 spiro atoms. The molecule has 0 aliphatic rings. The summed E-state index contributed by atoms with van der Waals surface area (Å²) in [4.78, 5) is 0. The molecule has 1 aromatic heterocycles. The number of benzene rings is 1. The van der Waals surface area contributed by atoms with Crippen LogP contribution in [0.2, 0.25) is 0 Å². The lowest BCUT2D eigenvalue weighted by atomic mass is 9.96. The number of alkyl halides is 3. The van der Waals surface area contributed by atoms with Crippen molar-refractivity contribution < 1.29 is 27.1 Å². The van der Waals surface area contributed by atoms with Gasteiger partial charge < -0.3 is 9.52 Å². The molecule has 110 valence electrons. The monoisotopic (exact) mass is 290 g/mol. The zero-order valence-corrected chi connectivity index (χ0v) is 10.8. The minimum Gasteiger partial charge on any atom is -0.458 e. The third-order valence-electron chi connectivity index (χ3n) is 3.13. The fraction of sp³-hybridized carbons (Fsp3) is 0.429. The Hall–Kier alpha value is -1.56. The van der Waals surface area contributed by atoms with Crippen LogP contribution >= 0.6 is 0 Å². The van der Waals surface area contributed by atoms with Crippen LogP contribution in [0.25, 0.3) is 11.0 Å². The molecule has 0 radical (unpaired) electrons. The minimum atomic E-state index is -4.24. The maximum absolute atomic E-state index is 13.0. The van der Waals surface area contributed by atoms with E-state index in [-0.39, 0.29) is 18.6 Å². The zero-order chi connectivity index (χ0) is 15.0. The fourth-order valence-electron chi connectivity index (χ4n) is 2.04. The van der Waals surface area contributed by atoms with Crippen LogP contribution in [0.15, 0.2) is 28.7 Å². The molecule has 1 heterocycles. The highest BCUT2D eigenvalue weighted by Crippen LogP contribution is 2.33. The van der Waals surface area contributed by atoms with Gasteiger partial charge >= 0.3 is 6.18 Å². The predicted molar refractivity (Wildman–Crippen MR) is 65.6 cm³/mol. The summed E-state index contributed by atoms with van der Waals surface area (Å²) < 4.78 is 54.7. The van der Waals surface area contributed by atoms with Crippen LogP contribution in [0.5, 0.6) is 0 Å². The Balaban J connectivity index is 2.14. The van der Waals surface area contributed by atoms with Crippen LogP contribution in [0.1, 0.15) is 31.9 Å². The van der Waals surface area contributed by atoms with Crippen molar-refractivity contribution in [3.63, 3.8) is 0 Å². The van der Waals surface area contributed by atoms with Gasteiger partial charge in [-0.1, -0.05) is 0 Å². The molecule has 0 aliphatic heterocycles. The highest BCUT2D eigenvalue weighted by Gasteiger charge is 2.31. The Labute approximate surface area is 113 Å². The first-order valence-corrected chi connectivity index (χ1v) is 6.16. The Morgan fingerprint density at radius 2 is 1.85 bits per heavy atom. The first-order chi connectivity index (χ1) is 9.17. The number of fused-ring (bicyclic) bond motifs is 1. The van der Waals surface area contributed by atoms with Crippen LogP contribution in [-0.4, -0.2) is 11.3 Å². The van der Waals surface area contributed by atoms with Crippen molar-refractivity contribution >= 4 is 11.0 Å². The van der Waals surface area contributed by atoms with Gasteiger partial charge in [-0.3, -0.25) is 0 Å². The second kappa shape index (κ2) is 5.09. The van der Waals surface area contributed by atoms with Crippen LogP contribution in [0.4, 0.5) is 17.6 Å². The first-order valence-electron chi connectivity index (χ1n) is 6.16. The lowest BCUT2D eigenvalue weighted by molar-refractivity contribution is -0.138. The molecule has 1 N–H and O–H groups in total. The molecular formula is C14H14F4O2. The summed E-state index contributed by atoms with van der Waals surface area (Å²) in [6.45, 7) is 1.39. The van der Waals surface area contributed by atoms with E-state index in [0.29, 0.717) is 11.0 Å². The quantitative estimate of drug-likeness (QED) is 0.840. The summed E-state index contributed by atoms with van der Waals surface area (Å²) >= 11 is 0. The Morgan fingerprint density at radius 3 is 2.50 bits per heavy atom. The highest BCUT2D eigenvalue weighted by atomic mass is 19.4. The van der Waals surface area contributed by atoms with E-state index in [1.54, 1.807) is 0 Å². The number of aliphatic hydroxyl groups is 1. The van der Waals surface area contributed by atoms with E-state index >= 15 is 0 Å². The maximum atomic E-state index is 13.0. The second-order valence-corrected chi connectivity index (χ2v) is 5.04. The highest BCUT2D eigenvalue weighted by molar-refractivity contribution is 5.78. The predicted octanol–water partition coefficient (Wildman–Crippen LogP) is 4.51. The number of halogens is 4. The summed E-state index contributed by atoms with van der Waals surface area (Å²) in [6.07, 6.45) is -5.50. The molecule has 1 unspecified atom stereocenters. The number of furan rings is 1. The molecule has 1 atom stereocenters. The van der Waals surface area contributed by atoms with E-state index < -0.39 is 24.0 Å². The van der Waals surface area contributed by atoms with Crippen molar-refractivity contribution in [2.75, 3.05) is 0 Å². The summed E-state index contributed by atoms with van der Waals surface area (Å²) in [6, 6.07) is 5.33. The molecule has 0 saturated heterocycles. The summed E-state index contributed by atoms with van der Waals surface area (Å²) in [5.41, 5.74) is -1.13. The van der Waals surface area contributed by atoms with Crippen LogP contribution in [0.3, 0.4) is 0 Å². The molecule has 0 amide bonds. The molecule has 20 heavy (non-hydrogen) atoms. The van der Waals surface area contributed by atoms with Gasteiger partial charge in [-0.25, -0.2) is 4.39 Å². The van der Waals surface area contributed by atoms with Crippen molar-refractivity contribution in [1.29, 1.82) is 0 Å². The van der Waals surface area contributed by atoms with Gasteiger partial charge in [0.2, 0.25) is 0 Å². The average molecular weight is 290 g/mol. The van der Waals surface area contributed by atoms with Gasteiger partial charge in [-0.05, 0) is 44.0 Å². The smallest absolute Gasteiger partial charge is 0.389 e. The summed E-state index contributed by atoms with van der Waals surface area (Å²) in [5.74, 6) is -0.304. The lowest BCUT2D eigenvalue weighted by Gasteiger charge is -2.20. The van der Waals surface area contributed by atoms with Gasteiger partial charge in [0.1, 0.15) is 22.8 Å². The molecule has 0 saturated carbocycles. The first kappa shape index (κ1) is 14.8. The average Bonchev–Trinajstić information content (AvgIpc) is 2.70. The maximum Gasteiger partial charge on any atom is 0.389 e. The third-order valence-corrected chi connectivity index (χ3v) is 3.13.